The van der Waals surface area contributed by atoms with E-state index >= 15 is 0 Å². The smallest absolute Gasteiger partial charge is 0.181 e. The van der Waals surface area contributed by atoms with Gasteiger partial charge < -0.3 is 15.5 Å². The summed E-state index contributed by atoms with van der Waals surface area (Å²) in [6, 6.07) is 13.9. The summed E-state index contributed by atoms with van der Waals surface area (Å²) in [5.41, 5.74) is 11.5. The summed E-state index contributed by atoms with van der Waals surface area (Å²) in [5.74, 6) is 0.819. The van der Waals surface area contributed by atoms with Crippen LogP contribution in [0.5, 0.6) is 0 Å². The Balaban J connectivity index is 1.66. The number of nitrogens with two attached hydrogens (primary N) is 1. The Morgan fingerprint density at radius 2 is 2.18 bits per heavy atom. The van der Waals surface area contributed by atoms with Crippen molar-refractivity contribution in [3.63, 3.8) is 0 Å². The monoisotopic (exact) mass is 371 g/mol. The number of nitrogens with zero attached hydrogens (tertiary/aromatic N) is 2. The van der Waals surface area contributed by atoms with E-state index in [-0.39, 0.29) is 11.8 Å². The lowest BCUT2D eigenvalue weighted by Gasteiger charge is -2.33. The fourth-order valence-electron chi connectivity index (χ4n) is 3.79. The van der Waals surface area contributed by atoms with Crippen LogP contribution in [0.15, 0.2) is 53.4 Å². The van der Waals surface area contributed by atoms with Crippen LogP contribution in [0.1, 0.15) is 47.4 Å². The second-order valence-corrected chi connectivity index (χ2v) is 7.21. The van der Waals surface area contributed by atoms with Gasteiger partial charge in [-0.2, -0.15) is 5.26 Å². The second kappa shape index (κ2) is 7.20. The average Bonchev–Trinajstić information content (AvgIpc) is 3.25. The Morgan fingerprint density at radius 3 is 2.93 bits per heavy atom. The SMILES string of the molecule is C[C@@H]1CCc2cc(C#N)ccc2[C@H]1Nc1ccc(N)c(C(=N)c2cnco2)c1. The molecule has 2 aromatic carbocycles. The van der Waals surface area contributed by atoms with Crippen molar-refractivity contribution in [2.24, 2.45) is 5.92 Å². The molecule has 0 spiro atoms. The van der Waals surface area contributed by atoms with Crippen molar-refractivity contribution in [3.05, 3.63) is 77.0 Å². The minimum absolute atomic E-state index is 0.132. The van der Waals surface area contributed by atoms with Crippen LogP contribution in [0.3, 0.4) is 0 Å². The van der Waals surface area contributed by atoms with Crippen molar-refractivity contribution in [3.8, 4) is 6.07 Å². The van der Waals surface area contributed by atoms with Crippen LogP contribution in [0.2, 0.25) is 0 Å². The topological polar surface area (TPSA) is 112 Å². The zero-order valence-electron chi connectivity index (χ0n) is 15.6. The molecule has 6 heteroatoms. The summed E-state index contributed by atoms with van der Waals surface area (Å²) in [6.45, 7) is 2.23. The molecule has 0 fully saturated rings. The molecule has 0 radical (unpaired) electrons. The zero-order chi connectivity index (χ0) is 19.7. The van der Waals surface area contributed by atoms with E-state index in [1.54, 1.807) is 6.07 Å². The second-order valence-electron chi connectivity index (χ2n) is 7.21. The number of benzene rings is 2. The van der Waals surface area contributed by atoms with E-state index in [4.69, 9.17) is 20.8 Å². The lowest BCUT2D eigenvalue weighted by Crippen LogP contribution is -2.25. The number of anilines is 2. The average molecular weight is 371 g/mol. The summed E-state index contributed by atoms with van der Waals surface area (Å²) in [7, 11) is 0. The molecule has 0 bridgehead atoms. The van der Waals surface area contributed by atoms with Crippen molar-refractivity contribution >= 4 is 17.1 Å². The first-order chi connectivity index (χ1) is 13.6. The Bertz CT molecular complexity index is 1070. The van der Waals surface area contributed by atoms with E-state index < -0.39 is 0 Å². The molecule has 4 rings (SSSR count). The maximum atomic E-state index is 9.17. The Morgan fingerprint density at radius 1 is 1.32 bits per heavy atom. The van der Waals surface area contributed by atoms with E-state index in [2.05, 4.69) is 29.4 Å². The van der Waals surface area contributed by atoms with E-state index in [9.17, 15) is 0 Å². The normalized spacial score (nSPS) is 18.1. The Hall–Kier alpha value is -3.59. The number of nitrogens with one attached hydrogen (secondary N) is 2. The third kappa shape index (κ3) is 3.23. The van der Waals surface area contributed by atoms with Crippen molar-refractivity contribution in [2.75, 3.05) is 11.1 Å². The summed E-state index contributed by atoms with van der Waals surface area (Å²) in [5, 5.41) is 21.2. The first-order valence-corrected chi connectivity index (χ1v) is 9.23. The predicted molar refractivity (Wildman–Crippen MR) is 108 cm³/mol. The molecule has 2 atom stereocenters. The lowest BCUT2D eigenvalue weighted by molar-refractivity contribution is 0.434. The van der Waals surface area contributed by atoms with Gasteiger partial charge in [0.05, 0.1) is 23.9 Å². The highest BCUT2D eigenvalue weighted by molar-refractivity contribution is 6.12. The third-order valence-corrected chi connectivity index (χ3v) is 5.37. The summed E-state index contributed by atoms with van der Waals surface area (Å²) in [4.78, 5) is 3.88. The van der Waals surface area contributed by atoms with Crippen LogP contribution in [-0.4, -0.2) is 10.7 Å². The van der Waals surface area contributed by atoms with Gasteiger partial charge in [-0.15, -0.1) is 0 Å². The number of aryl methyl sites for hydroxylation is 1. The largest absolute Gasteiger partial charge is 0.442 e. The molecule has 1 heterocycles. The third-order valence-electron chi connectivity index (χ3n) is 5.37. The van der Waals surface area contributed by atoms with Gasteiger partial charge in [-0.1, -0.05) is 13.0 Å². The maximum absolute atomic E-state index is 9.17. The molecule has 1 aromatic heterocycles. The Labute approximate surface area is 163 Å². The van der Waals surface area contributed by atoms with Gasteiger partial charge in [-0.05, 0) is 60.2 Å². The standard InChI is InChI=1S/C22H21N5O/c1-13-2-4-15-8-14(10-23)3-6-17(15)22(13)27-16-5-7-19(24)18(9-16)21(25)20-11-26-12-28-20/h3,5-9,11-13,22,25,27H,2,4,24H2,1H3/t13-,22+/m1/s1. The molecule has 0 saturated carbocycles. The highest BCUT2D eigenvalue weighted by Crippen LogP contribution is 2.37. The van der Waals surface area contributed by atoms with E-state index in [0.29, 0.717) is 28.5 Å². The van der Waals surface area contributed by atoms with Crippen LogP contribution >= 0.6 is 0 Å². The lowest BCUT2D eigenvalue weighted by atomic mass is 9.80. The van der Waals surface area contributed by atoms with Crippen molar-refractivity contribution in [1.82, 2.24) is 4.98 Å². The van der Waals surface area contributed by atoms with Gasteiger partial charge in [0.25, 0.3) is 0 Å². The minimum Gasteiger partial charge on any atom is -0.442 e. The minimum atomic E-state index is 0.132. The molecule has 0 amide bonds. The van der Waals surface area contributed by atoms with Gasteiger partial charge in [-0.3, -0.25) is 5.41 Å². The molecule has 140 valence electrons. The van der Waals surface area contributed by atoms with Crippen LogP contribution in [0.4, 0.5) is 11.4 Å². The molecule has 0 saturated heterocycles. The highest BCUT2D eigenvalue weighted by atomic mass is 16.3. The molecule has 3 aromatic rings. The van der Waals surface area contributed by atoms with Gasteiger partial charge in [-0.25, -0.2) is 4.98 Å². The molecule has 0 unspecified atom stereocenters. The number of rotatable bonds is 4. The van der Waals surface area contributed by atoms with Gasteiger partial charge in [0, 0.05) is 16.9 Å². The molecular weight excluding hydrogens is 350 g/mol. The first-order valence-electron chi connectivity index (χ1n) is 9.23. The molecule has 1 aliphatic rings. The van der Waals surface area contributed by atoms with E-state index in [1.807, 2.05) is 24.3 Å². The summed E-state index contributed by atoms with van der Waals surface area (Å²) < 4.78 is 5.24. The van der Waals surface area contributed by atoms with Crippen LogP contribution in [0, 0.1) is 22.7 Å². The van der Waals surface area contributed by atoms with Crippen molar-refractivity contribution < 1.29 is 4.42 Å². The van der Waals surface area contributed by atoms with Crippen LogP contribution in [0.25, 0.3) is 0 Å². The molecule has 1 aliphatic carbocycles. The summed E-state index contributed by atoms with van der Waals surface area (Å²) in [6.07, 6.45) is 4.84. The van der Waals surface area contributed by atoms with Crippen molar-refractivity contribution in [1.29, 1.82) is 10.7 Å². The summed E-state index contributed by atoms with van der Waals surface area (Å²) >= 11 is 0. The molecule has 0 aliphatic heterocycles. The molecule has 6 nitrogen and oxygen atoms in total. The number of hydrogen-bond donors (Lipinski definition) is 3. The van der Waals surface area contributed by atoms with Gasteiger partial charge in [0.1, 0.15) is 5.71 Å². The Kier molecular flexibility index (Phi) is 4.58. The van der Waals surface area contributed by atoms with Crippen molar-refractivity contribution in [2.45, 2.75) is 25.8 Å². The highest BCUT2D eigenvalue weighted by Gasteiger charge is 2.27. The van der Waals surface area contributed by atoms with E-state index in [1.165, 1.54) is 23.7 Å². The van der Waals surface area contributed by atoms with Gasteiger partial charge in [0.2, 0.25) is 0 Å². The maximum Gasteiger partial charge on any atom is 0.181 e. The fraction of sp³-hybridized carbons (Fsp3) is 0.227. The molecule has 28 heavy (non-hydrogen) atoms. The number of aromatic nitrogens is 1. The number of nitrogen functional groups attached to an aromatic ring is 1. The number of oxazole rings is 1. The number of fused-ring (bicyclic) bond motifs is 1. The first kappa shape index (κ1) is 17.8. The number of nitriles is 1. The van der Waals surface area contributed by atoms with Gasteiger partial charge >= 0.3 is 0 Å². The zero-order valence-corrected chi connectivity index (χ0v) is 15.6. The van der Waals surface area contributed by atoms with Crippen LogP contribution in [-0.2, 0) is 6.42 Å². The molecule has 4 N–H and O–H groups in total. The van der Waals surface area contributed by atoms with Gasteiger partial charge in [0.15, 0.2) is 12.2 Å². The fourth-order valence-corrected chi connectivity index (χ4v) is 3.79. The quantitative estimate of drug-likeness (QED) is 0.468. The predicted octanol–water partition coefficient (Wildman–Crippen LogP) is 4.28. The number of hydrogen-bond acceptors (Lipinski definition) is 6. The molecular formula is C22H21N5O. The van der Waals surface area contributed by atoms with E-state index in [0.717, 1.165) is 18.5 Å². The van der Waals surface area contributed by atoms with Crippen LogP contribution < -0.4 is 11.1 Å².